The fourth-order valence-electron chi connectivity index (χ4n) is 1.65. The minimum atomic E-state index is 0.479. The van der Waals surface area contributed by atoms with E-state index in [1.807, 2.05) is 30.3 Å². The van der Waals surface area contributed by atoms with Crippen LogP contribution in [0.4, 0.5) is 0 Å². The van der Waals surface area contributed by atoms with Crippen molar-refractivity contribution in [2.75, 3.05) is 6.54 Å². The van der Waals surface area contributed by atoms with Crippen molar-refractivity contribution < 1.29 is 4.42 Å². The highest BCUT2D eigenvalue weighted by Crippen LogP contribution is 2.29. The lowest BCUT2D eigenvalue weighted by molar-refractivity contribution is 0.605. The summed E-state index contributed by atoms with van der Waals surface area (Å²) in [6.45, 7) is 5.31. The Bertz CT molecular complexity index is 490. The van der Waals surface area contributed by atoms with Gasteiger partial charge in [0.15, 0.2) is 5.22 Å². The van der Waals surface area contributed by atoms with Crippen LogP contribution in [0.5, 0.6) is 0 Å². The van der Waals surface area contributed by atoms with Crippen molar-refractivity contribution in [2.24, 2.45) is 0 Å². The number of para-hydroxylation sites is 1. The van der Waals surface area contributed by atoms with E-state index in [2.05, 4.69) is 11.9 Å². The molecule has 0 aliphatic carbocycles. The SMILES string of the molecule is C=CCCNCc1c(Cl)oc2ccccc12. The van der Waals surface area contributed by atoms with Gasteiger partial charge in [-0.25, -0.2) is 0 Å². The van der Waals surface area contributed by atoms with Crippen LogP contribution < -0.4 is 5.32 Å². The number of rotatable bonds is 5. The first-order chi connectivity index (χ1) is 7.83. The van der Waals surface area contributed by atoms with Crippen LogP contribution in [0.3, 0.4) is 0 Å². The minimum Gasteiger partial charge on any atom is -0.444 e. The summed E-state index contributed by atoms with van der Waals surface area (Å²) >= 11 is 6.05. The summed E-state index contributed by atoms with van der Waals surface area (Å²) < 4.78 is 5.46. The molecule has 0 radical (unpaired) electrons. The van der Waals surface area contributed by atoms with Gasteiger partial charge in [-0.1, -0.05) is 24.3 Å². The van der Waals surface area contributed by atoms with E-state index in [4.69, 9.17) is 16.0 Å². The van der Waals surface area contributed by atoms with Gasteiger partial charge in [-0.05, 0) is 30.6 Å². The van der Waals surface area contributed by atoms with Gasteiger partial charge in [0.2, 0.25) is 0 Å². The molecule has 1 aromatic carbocycles. The third-order valence-electron chi connectivity index (χ3n) is 2.48. The Morgan fingerprint density at radius 3 is 3.00 bits per heavy atom. The van der Waals surface area contributed by atoms with E-state index in [9.17, 15) is 0 Å². The molecule has 0 saturated heterocycles. The predicted octanol–water partition coefficient (Wildman–Crippen LogP) is 3.75. The molecular formula is C13H14ClNO. The largest absolute Gasteiger partial charge is 0.444 e. The van der Waals surface area contributed by atoms with Crippen LogP contribution in [0.25, 0.3) is 11.0 Å². The van der Waals surface area contributed by atoms with Crippen molar-refractivity contribution in [3.05, 3.63) is 47.7 Å². The second kappa shape index (κ2) is 5.19. The Hall–Kier alpha value is -1.25. The fourth-order valence-corrected chi connectivity index (χ4v) is 1.90. The van der Waals surface area contributed by atoms with Gasteiger partial charge in [0.1, 0.15) is 5.58 Å². The monoisotopic (exact) mass is 235 g/mol. The van der Waals surface area contributed by atoms with Gasteiger partial charge in [-0.15, -0.1) is 6.58 Å². The van der Waals surface area contributed by atoms with Crippen molar-refractivity contribution in [3.8, 4) is 0 Å². The number of nitrogens with one attached hydrogen (secondary N) is 1. The van der Waals surface area contributed by atoms with Crippen molar-refractivity contribution in [1.29, 1.82) is 0 Å². The van der Waals surface area contributed by atoms with Crippen LogP contribution >= 0.6 is 11.6 Å². The van der Waals surface area contributed by atoms with Gasteiger partial charge in [0.25, 0.3) is 0 Å². The quantitative estimate of drug-likeness (QED) is 0.631. The maximum absolute atomic E-state index is 6.05. The Balaban J connectivity index is 2.16. The lowest BCUT2D eigenvalue weighted by Gasteiger charge is -2.01. The first-order valence-corrected chi connectivity index (χ1v) is 5.68. The van der Waals surface area contributed by atoms with Crippen molar-refractivity contribution in [2.45, 2.75) is 13.0 Å². The normalized spacial score (nSPS) is 10.8. The average Bonchev–Trinajstić information content (AvgIpc) is 2.61. The van der Waals surface area contributed by atoms with E-state index in [1.54, 1.807) is 0 Å². The standard InChI is InChI=1S/C13H14ClNO/c1-2-3-8-15-9-11-10-6-4-5-7-12(10)16-13(11)14/h2,4-7,15H,1,3,8-9H2. The van der Waals surface area contributed by atoms with Gasteiger partial charge < -0.3 is 9.73 Å². The van der Waals surface area contributed by atoms with E-state index >= 15 is 0 Å². The summed E-state index contributed by atoms with van der Waals surface area (Å²) in [6, 6.07) is 7.88. The van der Waals surface area contributed by atoms with Crippen LogP contribution in [-0.4, -0.2) is 6.54 Å². The number of hydrogen-bond acceptors (Lipinski definition) is 2. The number of furan rings is 1. The van der Waals surface area contributed by atoms with Gasteiger partial charge in [-0.3, -0.25) is 0 Å². The lowest BCUT2D eigenvalue weighted by Crippen LogP contribution is -2.13. The fraction of sp³-hybridized carbons (Fsp3) is 0.231. The van der Waals surface area contributed by atoms with Gasteiger partial charge >= 0.3 is 0 Å². The molecule has 0 fully saturated rings. The van der Waals surface area contributed by atoms with E-state index in [-0.39, 0.29) is 0 Å². The second-order valence-electron chi connectivity index (χ2n) is 3.60. The average molecular weight is 236 g/mol. The predicted molar refractivity (Wildman–Crippen MR) is 67.7 cm³/mol. The summed E-state index contributed by atoms with van der Waals surface area (Å²) in [7, 11) is 0. The second-order valence-corrected chi connectivity index (χ2v) is 3.95. The highest BCUT2D eigenvalue weighted by molar-refractivity contribution is 6.30. The molecular weight excluding hydrogens is 222 g/mol. The van der Waals surface area contributed by atoms with Crippen LogP contribution in [0.2, 0.25) is 5.22 Å². The molecule has 0 aliphatic rings. The summed E-state index contributed by atoms with van der Waals surface area (Å²) in [5.74, 6) is 0. The zero-order valence-electron chi connectivity index (χ0n) is 9.00. The van der Waals surface area contributed by atoms with Gasteiger partial charge in [-0.2, -0.15) is 0 Å². The summed E-state index contributed by atoms with van der Waals surface area (Å²) in [5.41, 5.74) is 1.87. The maximum atomic E-state index is 6.05. The molecule has 0 spiro atoms. The van der Waals surface area contributed by atoms with Crippen LogP contribution in [0.1, 0.15) is 12.0 Å². The third kappa shape index (κ3) is 2.29. The smallest absolute Gasteiger partial charge is 0.199 e. The minimum absolute atomic E-state index is 0.479. The number of halogens is 1. The van der Waals surface area contributed by atoms with Gasteiger partial charge in [0, 0.05) is 17.5 Å². The zero-order valence-corrected chi connectivity index (χ0v) is 9.76. The first kappa shape index (κ1) is 11.2. The molecule has 3 heteroatoms. The van der Waals surface area contributed by atoms with Crippen molar-refractivity contribution in [1.82, 2.24) is 5.32 Å². The molecule has 1 N–H and O–H groups in total. The molecule has 0 unspecified atom stereocenters. The molecule has 0 atom stereocenters. The van der Waals surface area contributed by atoms with E-state index in [0.717, 1.165) is 36.0 Å². The summed E-state index contributed by atoms with van der Waals surface area (Å²) in [6.07, 6.45) is 2.84. The Morgan fingerprint density at radius 2 is 2.19 bits per heavy atom. The molecule has 16 heavy (non-hydrogen) atoms. The molecule has 2 aromatic rings. The molecule has 0 saturated carbocycles. The Morgan fingerprint density at radius 1 is 1.38 bits per heavy atom. The highest BCUT2D eigenvalue weighted by Gasteiger charge is 2.10. The van der Waals surface area contributed by atoms with Gasteiger partial charge in [0.05, 0.1) is 0 Å². The Kier molecular flexibility index (Phi) is 3.65. The summed E-state index contributed by atoms with van der Waals surface area (Å²) in [4.78, 5) is 0. The Labute approximate surface area is 99.9 Å². The van der Waals surface area contributed by atoms with E-state index in [1.165, 1.54) is 0 Å². The van der Waals surface area contributed by atoms with Crippen molar-refractivity contribution in [3.63, 3.8) is 0 Å². The summed E-state index contributed by atoms with van der Waals surface area (Å²) in [5, 5.41) is 4.87. The topological polar surface area (TPSA) is 25.2 Å². The highest BCUT2D eigenvalue weighted by atomic mass is 35.5. The van der Waals surface area contributed by atoms with Crippen LogP contribution in [-0.2, 0) is 6.54 Å². The maximum Gasteiger partial charge on any atom is 0.199 e. The first-order valence-electron chi connectivity index (χ1n) is 5.30. The molecule has 0 amide bonds. The molecule has 0 bridgehead atoms. The number of hydrogen-bond donors (Lipinski definition) is 1. The molecule has 1 heterocycles. The molecule has 84 valence electrons. The molecule has 1 aromatic heterocycles. The van der Waals surface area contributed by atoms with E-state index < -0.39 is 0 Å². The van der Waals surface area contributed by atoms with E-state index in [0.29, 0.717) is 5.22 Å². The molecule has 2 rings (SSSR count). The third-order valence-corrected chi connectivity index (χ3v) is 2.78. The van der Waals surface area contributed by atoms with Crippen molar-refractivity contribution >= 4 is 22.6 Å². The van der Waals surface area contributed by atoms with Crippen LogP contribution in [0, 0.1) is 0 Å². The molecule has 0 aliphatic heterocycles. The number of fused-ring (bicyclic) bond motifs is 1. The molecule has 2 nitrogen and oxygen atoms in total. The van der Waals surface area contributed by atoms with Crippen LogP contribution in [0.15, 0.2) is 41.3 Å². The lowest BCUT2D eigenvalue weighted by atomic mass is 10.2. The zero-order chi connectivity index (χ0) is 11.4. The number of benzene rings is 1.